The van der Waals surface area contributed by atoms with Crippen molar-refractivity contribution in [2.45, 2.75) is 20.2 Å². The zero-order valence-electron chi connectivity index (χ0n) is 16.1. The number of halogens is 3. The van der Waals surface area contributed by atoms with Crippen LogP contribution in [0.1, 0.15) is 18.1 Å². The van der Waals surface area contributed by atoms with Crippen molar-refractivity contribution in [1.82, 2.24) is 0 Å². The summed E-state index contributed by atoms with van der Waals surface area (Å²) in [7, 11) is 0. The maximum Gasteiger partial charge on any atom is 0.573 e. The van der Waals surface area contributed by atoms with Crippen LogP contribution in [0.2, 0.25) is 0 Å². The van der Waals surface area contributed by atoms with Gasteiger partial charge in [0, 0.05) is 18.2 Å². The molecule has 1 N–H and O–H groups in total. The van der Waals surface area contributed by atoms with Gasteiger partial charge in [-0.05, 0) is 60.9 Å². The average molecular weight is 421 g/mol. The Morgan fingerprint density at radius 2 is 2.00 bits per heavy atom. The van der Waals surface area contributed by atoms with Crippen molar-refractivity contribution >= 4 is 23.6 Å². The highest BCUT2D eigenvalue weighted by Gasteiger charge is 2.33. The topological polar surface area (TPSA) is 76.1 Å². The molecule has 0 spiro atoms. The van der Waals surface area contributed by atoms with E-state index in [1.54, 1.807) is 26.0 Å². The number of aryl methyl sites for hydroxylation is 1. The van der Waals surface area contributed by atoms with Gasteiger partial charge in [0.05, 0.1) is 5.69 Å². The summed E-state index contributed by atoms with van der Waals surface area (Å²) in [5.41, 5.74) is 1.92. The smallest absolute Gasteiger partial charge is 0.482 e. The number of carboxylic acids is 1. The second-order valence-corrected chi connectivity index (χ2v) is 6.54. The Morgan fingerprint density at radius 1 is 1.27 bits per heavy atom. The number of anilines is 1. The highest BCUT2D eigenvalue weighted by molar-refractivity contribution is 5.99. The van der Waals surface area contributed by atoms with Gasteiger partial charge in [-0.15, -0.1) is 13.2 Å². The first kappa shape index (κ1) is 21.2. The van der Waals surface area contributed by atoms with Crippen molar-refractivity contribution in [3.63, 3.8) is 0 Å². The van der Waals surface area contributed by atoms with Crippen molar-refractivity contribution < 1.29 is 37.3 Å². The SMILES string of the molecule is CCN1C(=O)COc2cc(C)c(-c3cc(C=CC(=O)O)ccc3OC(F)(F)F)cc21. The number of hydrogen-bond donors (Lipinski definition) is 1. The second kappa shape index (κ2) is 8.10. The molecule has 0 fully saturated rings. The van der Waals surface area contributed by atoms with Crippen LogP contribution in [-0.4, -0.2) is 36.5 Å². The summed E-state index contributed by atoms with van der Waals surface area (Å²) in [6, 6.07) is 7.08. The van der Waals surface area contributed by atoms with E-state index in [1.165, 1.54) is 23.1 Å². The molecule has 0 saturated carbocycles. The van der Waals surface area contributed by atoms with Gasteiger partial charge in [0.25, 0.3) is 5.91 Å². The van der Waals surface area contributed by atoms with E-state index in [0.717, 1.165) is 12.1 Å². The van der Waals surface area contributed by atoms with E-state index in [9.17, 15) is 22.8 Å². The molecule has 0 bridgehead atoms. The Labute approximate surface area is 170 Å². The maximum atomic E-state index is 12.9. The van der Waals surface area contributed by atoms with E-state index in [2.05, 4.69) is 4.74 Å². The fraction of sp³-hybridized carbons (Fsp3) is 0.238. The molecule has 1 heterocycles. The van der Waals surface area contributed by atoms with Crippen LogP contribution in [0.25, 0.3) is 17.2 Å². The summed E-state index contributed by atoms with van der Waals surface area (Å²) in [6.07, 6.45) is -2.76. The van der Waals surface area contributed by atoms with Crippen LogP contribution in [0.4, 0.5) is 18.9 Å². The Kier molecular flexibility index (Phi) is 5.73. The lowest BCUT2D eigenvalue weighted by Crippen LogP contribution is -2.38. The normalized spacial score (nSPS) is 13.9. The molecule has 1 aliphatic rings. The molecule has 0 aliphatic carbocycles. The number of aliphatic carboxylic acids is 1. The summed E-state index contributed by atoms with van der Waals surface area (Å²) >= 11 is 0. The van der Waals surface area contributed by atoms with Crippen LogP contribution < -0.4 is 14.4 Å². The Bertz CT molecular complexity index is 1030. The molecule has 0 saturated heterocycles. The molecule has 9 heteroatoms. The molecule has 0 unspecified atom stereocenters. The van der Waals surface area contributed by atoms with Gasteiger partial charge in [-0.1, -0.05) is 6.07 Å². The molecule has 2 aromatic rings. The van der Waals surface area contributed by atoms with Gasteiger partial charge in [0.1, 0.15) is 11.5 Å². The van der Waals surface area contributed by atoms with Crippen LogP contribution in [-0.2, 0) is 9.59 Å². The minimum Gasteiger partial charge on any atom is -0.482 e. The van der Waals surface area contributed by atoms with E-state index in [0.29, 0.717) is 34.7 Å². The fourth-order valence-corrected chi connectivity index (χ4v) is 3.23. The molecule has 30 heavy (non-hydrogen) atoms. The first-order valence-corrected chi connectivity index (χ1v) is 8.98. The number of ether oxygens (including phenoxy) is 2. The maximum absolute atomic E-state index is 12.9. The minimum atomic E-state index is -4.91. The van der Waals surface area contributed by atoms with Gasteiger partial charge in [0.15, 0.2) is 6.61 Å². The van der Waals surface area contributed by atoms with Crippen molar-refractivity contribution in [2.24, 2.45) is 0 Å². The quantitative estimate of drug-likeness (QED) is 0.724. The summed E-state index contributed by atoms with van der Waals surface area (Å²) < 4.78 is 48.5. The van der Waals surface area contributed by atoms with E-state index in [1.807, 2.05) is 0 Å². The summed E-state index contributed by atoms with van der Waals surface area (Å²) in [5.74, 6) is -1.43. The van der Waals surface area contributed by atoms with Crippen LogP contribution in [0.5, 0.6) is 11.5 Å². The third-order valence-corrected chi connectivity index (χ3v) is 4.50. The lowest BCUT2D eigenvalue weighted by Gasteiger charge is -2.29. The van der Waals surface area contributed by atoms with Crippen molar-refractivity contribution in [2.75, 3.05) is 18.1 Å². The monoisotopic (exact) mass is 421 g/mol. The number of alkyl halides is 3. The molecular weight excluding hydrogens is 403 g/mol. The predicted octanol–water partition coefficient (Wildman–Crippen LogP) is 4.40. The number of carboxylic acid groups (broad SMARTS) is 1. The number of carbonyl (C=O) groups excluding carboxylic acids is 1. The molecule has 0 aromatic heterocycles. The van der Waals surface area contributed by atoms with E-state index in [4.69, 9.17) is 9.84 Å². The number of carbonyl (C=O) groups is 2. The van der Waals surface area contributed by atoms with Gasteiger partial charge in [0.2, 0.25) is 0 Å². The standard InChI is InChI=1S/C21H18F3NO5/c1-3-25-16-10-14(12(2)8-18(16)29-11-19(25)26)15-9-13(5-7-20(27)28)4-6-17(15)30-21(22,23)24/h4-10H,3,11H2,1-2H3,(H,27,28). The predicted molar refractivity (Wildman–Crippen MR) is 103 cm³/mol. The van der Waals surface area contributed by atoms with Crippen LogP contribution in [0, 0.1) is 6.92 Å². The fourth-order valence-electron chi connectivity index (χ4n) is 3.23. The number of hydrogen-bond acceptors (Lipinski definition) is 4. The molecule has 158 valence electrons. The first-order chi connectivity index (χ1) is 14.1. The highest BCUT2D eigenvalue weighted by Crippen LogP contribution is 2.42. The number of amides is 1. The molecule has 0 atom stereocenters. The summed E-state index contributed by atoms with van der Waals surface area (Å²) in [6.45, 7) is 3.73. The summed E-state index contributed by atoms with van der Waals surface area (Å²) in [4.78, 5) is 24.4. The average Bonchev–Trinajstić information content (AvgIpc) is 2.66. The van der Waals surface area contributed by atoms with Gasteiger partial charge in [-0.3, -0.25) is 4.79 Å². The Morgan fingerprint density at radius 3 is 2.63 bits per heavy atom. The zero-order valence-corrected chi connectivity index (χ0v) is 16.1. The van der Waals surface area contributed by atoms with Crippen molar-refractivity contribution in [3.8, 4) is 22.6 Å². The number of nitrogens with zero attached hydrogens (tertiary/aromatic N) is 1. The Balaban J connectivity index is 2.19. The first-order valence-electron chi connectivity index (χ1n) is 8.98. The molecule has 1 aliphatic heterocycles. The zero-order chi connectivity index (χ0) is 22.1. The van der Waals surface area contributed by atoms with Gasteiger partial charge in [-0.2, -0.15) is 0 Å². The minimum absolute atomic E-state index is 0.106. The number of likely N-dealkylation sites (N-methyl/N-ethyl adjacent to an activating group) is 1. The van der Waals surface area contributed by atoms with E-state index in [-0.39, 0.29) is 18.1 Å². The van der Waals surface area contributed by atoms with Crippen LogP contribution >= 0.6 is 0 Å². The van der Waals surface area contributed by atoms with Crippen LogP contribution in [0.3, 0.4) is 0 Å². The molecule has 3 rings (SSSR count). The second-order valence-electron chi connectivity index (χ2n) is 6.54. The van der Waals surface area contributed by atoms with Crippen molar-refractivity contribution in [3.05, 3.63) is 47.5 Å². The number of benzene rings is 2. The molecule has 0 radical (unpaired) electrons. The Hall–Kier alpha value is -3.49. The lowest BCUT2D eigenvalue weighted by molar-refractivity contribution is -0.274. The largest absolute Gasteiger partial charge is 0.573 e. The third-order valence-electron chi connectivity index (χ3n) is 4.50. The van der Waals surface area contributed by atoms with E-state index < -0.39 is 18.1 Å². The lowest BCUT2D eigenvalue weighted by atomic mass is 9.96. The molecule has 1 amide bonds. The van der Waals surface area contributed by atoms with Gasteiger partial charge in [-0.25, -0.2) is 4.79 Å². The van der Waals surface area contributed by atoms with E-state index >= 15 is 0 Å². The summed E-state index contributed by atoms with van der Waals surface area (Å²) in [5, 5.41) is 8.81. The third kappa shape index (κ3) is 4.56. The van der Waals surface area contributed by atoms with Gasteiger partial charge >= 0.3 is 12.3 Å². The highest BCUT2D eigenvalue weighted by atomic mass is 19.4. The molecule has 2 aromatic carbocycles. The molecule has 6 nitrogen and oxygen atoms in total. The van der Waals surface area contributed by atoms with Crippen LogP contribution in [0.15, 0.2) is 36.4 Å². The van der Waals surface area contributed by atoms with Gasteiger partial charge < -0.3 is 19.5 Å². The molecular formula is C21H18F3NO5. The number of fused-ring (bicyclic) bond motifs is 1. The van der Waals surface area contributed by atoms with Crippen molar-refractivity contribution in [1.29, 1.82) is 0 Å². The number of rotatable bonds is 5.